The van der Waals surface area contributed by atoms with Gasteiger partial charge in [0.15, 0.2) is 5.65 Å². The van der Waals surface area contributed by atoms with Gasteiger partial charge < -0.3 is 0 Å². The van der Waals surface area contributed by atoms with Gasteiger partial charge in [0.25, 0.3) is 0 Å². The van der Waals surface area contributed by atoms with Crippen molar-refractivity contribution in [2.45, 2.75) is 38.4 Å². The third kappa shape index (κ3) is 3.80. The first-order valence-corrected chi connectivity index (χ1v) is 8.97. The molecule has 0 unspecified atom stereocenters. The monoisotopic (exact) mass is 375 g/mol. The van der Waals surface area contributed by atoms with Gasteiger partial charge in [0.05, 0.1) is 11.4 Å². The number of rotatable bonds is 3. The molecule has 4 rings (SSSR count). The van der Waals surface area contributed by atoms with Crippen molar-refractivity contribution in [2.75, 3.05) is 13.1 Å². The largest absolute Gasteiger partial charge is 0.433 e. The number of pyridine rings is 1. The molecule has 3 aromatic rings. The van der Waals surface area contributed by atoms with Gasteiger partial charge in [-0.15, -0.1) is 0 Å². The SMILES string of the molecule is Cc1cc2nc([C@@H]3CCCN(Cc4ccccn4)C3)cc(C(F)(F)F)n2n1. The molecule has 0 bridgehead atoms. The lowest BCUT2D eigenvalue weighted by Gasteiger charge is -2.32. The molecule has 1 atom stereocenters. The third-order valence-corrected chi connectivity index (χ3v) is 4.90. The summed E-state index contributed by atoms with van der Waals surface area (Å²) in [6.07, 6.45) is -0.975. The smallest absolute Gasteiger partial charge is 0.297 e. The van der Waals surface area contributed by atoms with Crippen molar-refractivity contribution in [1.29, 1.82) is 0 Å². The van der Waals surface area contributed by atoms with E-state index in [0.29, 0.717) is 24.5 Å². The minimum atomic E-state index is -4.48. The van der Waals surface area contributed by atoms with Crippen LogP contribution in [0.4, 0.5) is 13.2 Å². The van der Waals surface area contributed by atoms with E-state index in [-0.39, 0.29) is 11.6 Å². The molecule has 0 aromatic carbocycles. The Morgan fingerprint density at radius 1 is 1.22 bits per heavy atom. The van der Waals surface area contributed by atoms with E-state index in [1.54, 1.807) is 19.2 Å². The zero-order valence-electron chi connectivity index (χ0n) is 14.9. The van der Waals surface area contributed by atoms with Gasteiger partial charge in [-0.2, -0.15) is 18.3 Å². The van der Waals surface area contributed by atoms with Crippen molar-refractivity contribution in [3.8, 4) is 0 Å². The Labute approximate surface area is 154 Å². The van der Waals surface area contributed by atoms with Gasteiger partial charge in [-0.3, -0.25) is 9.88 Å². The van der Waals surface area contributed by atoms with E-state index in [4.69, 9.17) is 0 Å². The van der Waals surface area contributed by atoms with E-state index in [9.17, 15) is 13.2 Å². The zero-order valence-corrected chi connectivity index (χ0v) is 14.9. The summed E-state index contributed by atoms with van der Waals surface area (Å²) in [4.78, 5) is 11.1. The topological polar surface area (TPSA) is 46.3 Å². The maximum absolute atomic E-state index is 13.5. The van der Waals surface area contributed by atoms with Gasteiger partial charge in [0.2, 0.25) is 0 Å². The van der Waals surface area contributed by atoms with Crippen LogP contribution in [-0.2, 0) is 12.7 Å². The Morgan fingerprint density at radius 3 is 2.81 bits per heavy atom. The first-order chi connectivity index (χ1) is 12.9. The lowest BCUT2D eigenvalue weighted by Crippen LogP contribution is -2.34. The molecule has 4 heterocycles. The van der Waals surface area contributed by atoms with Gasteiger partial charge in [-0.1, -0.05) is 6.07 Å². The fourth-order valence-electron chi connectivity index (χ4n) is 3.68. The number of halogens is 3. The highest BCUT2D eigenvalue weighted by molar-refractivity contribution is 5.43. The Morgan fingerprint density at radius 2 is 2.07 bits per heavy atom. The second-order valence-corrected chi connectivity index (χ2v) is 7.02. The molecule has 0 amide bonds. The third-order valence-electron chi connectivity index (χ3n) is 4.90. The van der Waals surface area contributed by atoms with Gasteiger partial charge in [-0.25, -0.2) is 9.50 Å². The highest BCUT2D eigenvalue weighted by atomic mass is 19.4. The molecule has 5 nitrogen and oxygen atoms in total. The second kappa shape index (κ2) is 6.92. The number of likely N-dealkylation sites (tertiary alicyclic amines) is 1. The predicted octanol–water partition coefficient (Wildman–Crippen LogP) is 3.83. The first kappa shape index (κ1) is 17.9. The number of fused-ring (bicyclic) bond motifs is 1. The number of hydrogen-bond acceptors (Lipinski definition) is 4. The average Bonchev–Trinajstić information content (AvgIpc) is 3.01. The number of hydrogen-bond donors (Lipinski definition) is 0. The van der Waals surface area contributed by atoms with Crippen molar-refractivity contribution in [3.63, 3.8) is 0 Å². The lowest BCUT2D eigenvalue weighted by atomic mass is 9.94. The number of piperidine rings is 1. The van der Waals surface area contributed by atoms with E-state index in [2.05, 4.69) is 20.0 Å². The summed E-state index contributed by atoms with van der Waals surface area (Å²) in [5, 5.41) is 3.95. The van der Waals surface area contributed by atoms with Crippen LogP contribution in [0.5, 0.6) is 0 Å². The molecular weight excluding hydrogens is 355 g/mol. The Hall–Kier alpha value is -2.48. The van der Waals surface area contributed by atoms with Crippen LogP contribution in [0.3, 0.4) is 0 Å². The Balaban J connectivity index is 1.63. The van der Waals surface area contributed by atoms with E-state index >= 15 is 0 Å². The van der Waals surface area contributed by atoms with Gasteiger partial charge in [0, 0.05) is 37.0 Å². The van der Waals surface area contributed by atoms with Crippen LogP contribution < -0.4 is 0 Å². The second-order valence-electron chi connectivity index (χ2n) is 7.02. The Bertz CT molecular complexity index is 936. The fraction of sp³-hybridized carbons (Fsp3) is 0.421. The van der Waals surface area contributed by atoms with E-state index < -0.39 is 11.9 Å². The zero-order chi connectivity index (χ0) is 19.0. The van der Waals surface area contributed by atoms with Crippen LogP contribution in [0.1, 0.15) is 41.5 Å². The molecule has 8 heteroatoms. The Kier molecular flexibility index (Phi) is 4.59. The molecule has 27 heavy (non-hydrogen) atoms. The normalized spacial score (nSPS) is 18.9. The lowest BCUT2D eigenvalue weighted by molar-refractivity contribution is -0.142. The summed E-state index contributed by atoms with van der Waals surface area (Å²) in [5.74, 6) is -0.0382. The molecule has 142 valence electrons. The van der Waals surface area contributed by atoms with Gasteiger partial charge in [0.1, 0.15) is 5.69 Å². The molecule has 1 aliphatic heterocycles. The molecule has 1 fully saturated rings. The number of nitrogens with zero attached hydrogens (tertiary/aromatic N) is 5. The molecule has 0 aliphatic carbocycles. The van der Waals surface area contributed by atoms with Crippen molar-refractivity contribution >= 4 is 5.65 Å². The standard InChI is InChI=1S/C19H20F3N5/c1-13-9-18-24-16(10-17(19(20,21)22)27(18)25-13)14-5-4-8-26(11-14)12-15-6-2-3-7-23-15/h2-3,6-7,9-10,14H,4-5,8,11-12H2,1H3/t14-/m1/s1. The minimum Gasteiger partial charge on any atom is -0.297 e. The summed E-state index contributed by atoms with van der Waals surface area (Å²) in [7, 11) is 0. The van der Waals surface area contributed by atoms with Crippen molar-refractivity contribution in [3.05, 3.63) is 59.3 Å². The maximum Gasteiger partial charge on any atom is 0.433 e. The molecule has 0 saturated carbocycles. The van der Waals surface area contributed by atoms with Gasteiger partial charge >= 0.3 is 6.18 Å². The molecule has 1 aliphatic rings. The predicted molar refractivity (Wildman–Crippen MR) is 94.2 cm³/mol. The number of aryl methyl sites for hydroxylation is 1. The molecule has 1 saturated heterocycles. The van der Waals surface area contributed by atoms with Crippen molar-refractivity contribution in [2.24, 2.45) is 0 Å². The van der Waals surface area contributed by atoms with Crippen LogP contribution in [0.25, 0.3) is 5.65 Å². The highest BCUT2D eigenvalue weighted by Crippen LogP contribution is 2.33. The highest BCUT2D eigenvalue weighted by Gasteiger charge is 2.36. The van der Waals surface area contributed by atoms with Crippen LogP contribution in [-0.4, -0.2) is 37.6 Å². The summed E-state index contributed by atoms with van der Waals surface area (Å²) >= 11 is 0. The molecule has 0 spiro atoms. The van der Waals surface area contributed by atoms with Crippen LogP contribution in [0, 0.1) is 6.92 Å². The van der Waals surface area contributed by atoms with Crippen molar-refractivity contribution < 1.29 is 13.2 Å². The van der Waals surface area contributed by atoms with Crippen LogP contribution in [0.2, 0.25) is 0 Å². The van der Waals surface area contributed by atoms with E-state index in [0.717, 1.165) is 35.7 Å². The summed E-state index contributed by atoms with van der Waals surface area (Å²) < 4.78 is 41.5. The van der Waals surface area contributed by atoms with E-state index in [1.165, 1.54) is 0 Å². The number of alkyl halides is 3. The minimum absolute atomic E-state index is 0.0382. The average molecular weight is 375 g/mol. The number of aromatic nitrogens is 4. The van der Waals surface area contributed by atoms with Gasteiger partial charge in [-0.05, 0) is 44.5 Å². The quantitative estimate of drug-likeness (QED) is 0.698. The summed E-state index contributed by atoms with van der Waals surface area (Å²) in [6, 6.07) is 8.52. The molecule has 0 N–H and O–H groups in total. The van der Waals surface area contributed by atoms with E-state index in [1.807, 2.05) is 18.2 Å². The van der Waals surface area contributed by atoms with Crippen LogP contribution in [0.15, 0.2) is 36.5 Å². The molecular formula is C19H20F3N5. The fourth-order valence-corrected chi connectivity index (χ4v) is 3.68. The maximum atomic E-state index is 13.5. The molecule has 3 aromatic heterocycles. The summed E-state index contributed by atoms with van der Waals surface area (Å²) in [6.45, 7) is 3.94. The first-order valence-electron chi connectivity index (χ1n) is 8.97. The molecule has 0 radical (unpaired) electrons. The van der Waals surface area contributed by atoms with Crippen molar-refractivity contribution in [1.82, 2.24) is 24.5 Å². The van der Waals surface area contributed by atoms with Crippen LogP contribution >= 0.6 is 0 Å². The summed E-state index contributed by atoms with van der Waals surface area (Å²) in [5.41, 5.74) is 1.45.